The van der Waals surface area contributed by atoms with Crippen LogP contribution in [0.5, 0.6) is 5.75 Å². The van der Waals surface area contributed by atoms with Gasteiger partial charge in [0, 0.05) is 26.2 Å². The summed E-state index contributed by atoms with van der Waals surface area (Å²) in [6.07, 6.45) is 0. The van der Waals surface area contributed by atoms with Crippen molar-refractivity contribution < 1.29 is 4.74 Å². The molecule has 3 nitrogen and oxygen atoms in total. The first-order valence-corrected chi connectivity index (χ1v) is 7.08. The number of nitrogens with one attached hydrogen (secondary N) is 1. The van der Waals surface area contributed by atoms with Crippen LogP contribution < -0.4 is 10.1 Å². The Hall–Kier alpha value is -1.06. The average Bonchev–Trinajstić information content (AvgIpc) is 2.66. The maximum atomic E-state index is 5.80. The second kappa shape index (κ2) is 5.93. The van der Waals surface area contributed by atoms with E-state index in [0.29, 0.717) is 5.41 Å². The zero-order chi connectivity index (χ0) is 13.9. The van der Waals surface area contributed by atoms with Crippen molar-refractivity contribution in [1.29, 1.82) is 0 Å². The summed E-state index contributed by atoms with van der Waals surface area (Å²) in [6, 6.07) is 6.46. The fourth-order valence-electron chi connectivity index (χ4n) is 2.34. The summed E-state index contributed by atoms with van der Waals surface area (Å²) in [5.74, 6) is 0.992. The van der Waals surface area contributed by atoms with Crippen LogP contribution in [0.1, 0.15) is 31.9 Å². The van der Waals surface area contributed by atoms with Crippen LogP contribution in [0.2, 0.25) is 0 Å². The van der Waals surface area contributed by atoms with E-state index in [9.17, 15) is 0 Å². The smallest absolute Gasteiger partial charge is 0.119 e. The van der Waals surface area contributed by atoms with Gasteiger partial charge in [-0.3, -0.25) is 4.90 Å². The van der Waals surface area contributed by atoms with E-state index >= 15 is 0 Å². The zero-order valence-corrected chi connectivity index (χ0v) is 12.6. The quantitative estimate of drug-likeness (QED) is 0.826. The first-order chi connectivity index (χ1) is 8.94. The van der Waals surface area contributed by atoms with Crippen LogP contribution in [-0.4, -0.2) is 31.6 Å². The molecule has 0 amide bonds. The molecule has 1 aliphatic heterocycles. The van der Waals surface area contributed by atoms with Gasteiger partial charge in [-0.05, 0) is 35.7 Å². The standard InChI is InChI=1S/C16H26N2O/c1-16(2,3)12-17-7-8-19-15-6-5-13-10-18(4)11-14(13)9-15/h5-6,9,17H,7-8,10-12H2,1-4H3. The Morgan fingerprint density at radius 1 is 1.21 bits per heavy atom. The van der Waals surface area contributed by atoms with E-state index in [2.05, 4.69) is 56.2 Å². The lowest BCUT2D eigenvalue weighted by atomic mass is 9.97. The van der Waals surface area contributed by atoms with Gasteiger partial charge in [0.2, 0.25) is 0 Å². The molecule has 0 saturated carbocycles. The number of rotatable bonds is 5. The van der Waals surface area contributed by atoms with Gasteiger partial charge < -0.3 is 10.1 Å². The van der Waals surface area contributed by atoms with Crippen LogP contribution in [0.4, 0.5) is 0 Å². The van der Waals surface area contributed by atoms with E-state index in [1.165, 1.54) is 11.1 Å². The second-order valence-electron chi connectivity index (χ2n) is 6.69. The lowest BCUT2D eigenvalue weighted by molar-refractivity contribution is 0.297. The fraction of sp³-hybridized carbons (Fsp3) is 0.625. The Kier molecular flexibility index (Phi) is 4.48. The maximum Gasteiger partial charge on any atom is 0.119 e. The van der Waals surface area contributed by atoms with Crippen LogP contribution >= 0.6 is 0 Å². The molecule has 19 heavy (non-hydrogen) atoms. The molecule has 0 aromatic heterocycles. The van der Waals surface area contributed by atoms with Gasteiger partial charge in [0.25, 0.3) is 0 Å². The molecule has 0 aliphatic carbocycles. The summed E-state index contributed by atoms with van der Waals surface area (Å²) in [4.78, 5) is 2.32. The fourth-order valence-corrected chi connectivity index (χ4v) is 2.34. The number of hydrogen-bond acceptors (Lipinski definition) is 3. The van der Waals surface area contributed by atoms with Crippen LogP contribution in [0, 0.1) is 5.41 Å². The second-order valence-corrected chi connectivity index (χ2v) is 6.69. The highest BCUT2D eigenvalue weighted by Crippen LogP contribution is 2.25. The molecule has 1 aromatic rings. The minimum atomic E-state index is 0.332. The largest absolute Gasteiger partial charge is 0.492 e. The predicted octanol–water partition coefficient (Wildman–Crippen LogP) is 2.65. The molecule has 0 radical (unpaired) electrons. The Labute approximate surface area is 116 Å². The van der Waals surface area contributed by atoms with E-state index < -0.39 is 0 Å². The van der Waals surface area contributed by atoms with Crippen LogP contribution in [-0.2, 0) is 13.1 Å². The van der Waals surface area contributed by atoms with Crippen molar-refractivity contribution >= 4 is 0 Å². The van der Waals surface area contributed by atoms with Crippen molar-refractivity contribution in [3.05, 3.63) is 29.3 Å². The summed E-state index contributed by atoms with van der Waals surface area (Å²) in [5.41, 5.74) is 3.17. The highest BCUT2D eigenvalue weighted by Gasteiger charge is 2.15. The molecule has 1 heterocycles. The Bertz CT molecular complexity index is 423. The average molecular weight is 262 g/mol. The van der Waals surface area contributed by atoms with E-state index in [-0.39, 0.29) is 0 Å². The van der Waals surface area contributed by atoms with Crippen molar-refractivity contribution in [2.75, 3.05) is 26.7 Å². The molecular weight excluding hydrogens is 236 g/mol. The molecule has 0 fully saturated rings. The molecule has 1 aromatic carbocycles. The number of fused-ring (bicyclic) bond motifs is 1. The lowest BCUT2D eigenvalue weighted by Crippen LogP contribution is -2.30. The van der Waals surface area contributed by atoms with Gasteiger partial charge >= 0.3 is 0 Å². The lowest BCUT2D eigenvalue weighted by Gasteiger charge is -2.18. The number of nitrogens with zero attached hydrogens (tertiary/aromatic N) is 1. The first kappa shape index (κ1) is 14.4. The van der Waals surface area contributed by atoms with Gasteiger partial charge in [-0.1, -0.05) is 26.8 Å². The maximum absolute atomic E-state index is 5.80. The van der Waals surface area contributed by atoms with Gasteiger partial charge in [-0.15, -0.1) is 0 Å². The minimum absolute atomic E-state index is 0.332. The molecule has 3 heteroatoms. The summed E-state index contributed by atoms with van der Waals surface area (Å²) < 4.78 is 5.80. The summed E-state index contributed by atoms with van der Waals surface area (Å²) in [6.45, 7) is 11.4. The third-order valence-electron chi connectivity index (χ3n) is 3.26. The molecule has 0 spiro atoms. The molecule has 1 aliphatic rings. The Balaban J connectivity index is 1.74. The number of ether oxygens (including phenoxy) is 1. The molecule has 1 N–H and O–H groups in total. The first-order valence-electron chi connectivity index (χ1n) is 7.08. The molecule has 0 saturated heterocycles. The van der Waals surface area contributed by atoms with Crippen molar-refractivity contribution in [3.8, 4) is 5.75 Å². The molecule has 0 unspecified atom stereocenters. The summed E-state index contributed by atoms with van der Waals surface area (Å²) >= 11 is 0. The van der Waals surface area contributed by atoms with Gasteiger partial charge in [-0.25, -0.2) is 0 Å². The predicted molar refractivity (Wildman–Crippen MR) is 79.4 cm³/mol. The highest BCUT2D eigenvalue weighted by molar-refractivity contribution is 5.37. The van der Waals surface area contributed by atoms with Crippen molar-refractivity contribution in [3.63, 3.8) is 0 Å². The van der Waals surface area contributed by atoms with Gasteiger partial charge in [0.1, 0.15) is 12.4 Å². The monoisotopic (exact) mass is 262 g/mol. The van der Waals surface area contributed by atoms with Gasteiger partial charge in [0.15, 0.2) is 0 Å². The van der Waals surface area contributed by atoms with Gasteiger partial charge in [0.05, 0.1) is 0 Å². The van der Waals surface area contributed by atoms with Gasteiger partial charge in [-0.2, -0.15) is 0 Å². The highest BCUT2D eigenvalue weighted by atomic mass is 16.5. The van der Waals surface area contributed by atoms with Crippen LogP contribution in [0.25, 0.3) is 0 Å². The van der Waals surface area contributed by atoms with Crippen LogP contribution in [0.15, 0.2) is 18.2 Å². The van der Waals surface area contributed by atoms with E-state index in [0.717, 1.165) is 38.5 Å². The van der Waals surface area contributed by atoms with E-state index in [1.807, 2.05) is 0 Å². The molecule has 0 bridgehead atoms. The topological polar surface area (TPSA) is 24.5 Å². The van der Waals surface area contributed by atoms with Crippen LogP contribution in [0.3, 0.4) is 0 Å². The molecule has 2 rings (SSSR count). The Morgan fingerprint density at radius 2 is 1.95 bits per heavy atom. The SMILES string of the molecule is CN1Cc2ccc(OCCNCC(C)(C)C)cc2C1. The Morgan fingerprint density at radius 3 is 2.68 bits per heavy atom. The number of benzene rings is 1. The van der Waals surface area contributed by atoms with E-state index in [4.69, 9.17) is 4.74 Å². The zero-order valence-electron chi connectivity index (χ0n) is 12.6. The summed E-state index contributed by atoms with van der Waals surface area (Å²) in [7, 11) is 2.15. The normalized spacial score (nSPS) is 15.6. The number of hydrogen-bond donors (Lipinski definition) is 1. The third-order valence-corrected chi connectivity index (χ3v) is 3.26. The molecule has 106 valence electrons. The van der Waals surface area contributed by atoms with Crippen molar-refractivity contribution in [1.82, 2.24) is 10.2 Å². The molecule has 0 atom stereocenters. The van der Waals surface area contributed by atoms with Crippen molar-refractivity contribution in [2.24, 2.45) is 5.41 Å². The third kappa shape index (κ3) is 4.51. The van der Waals surface area contributed by atoms with Crippen molar-refractivity contribution in [2.45, 2.75) is 33.9 Å². The molecular formula is C16H26N2O. The minimum Gasteiger partial charge on any atom is -0.492 e. The summed E-state index contributed by atoms with van der Waals surface area (Å²) in [5, 5.41) is 3.42. The van der Waals surface area contributed by atoms with E-state index in [1.54, 1.807) is 0 Å².